The van der Waals surface area contributed by atoms with Gasteiger partial charge < -0.3 is 5.32 Å². The molecule has 0 saturated carbocycles. The van der Waals surface area contributed by atoms with Crippen LogP contribution in [0.15, 0.2) is 12.2 Å². The molecule has 0 aromatic carbocycles. The molecule has 0 rings (SSSR count). The van der Waals surface area contributed by atoms with Crippen LogP contribution in [-0.2, 0) is 0 Å². The lowest BCUT2D eigenvalue weighted by atomic mass is 9.83. The van der Waals surface area contributed by atoms with E-state index in [1.165, 1.54) is 5.57 Å². The van der Waals surface area contributed by atoms with Crippen LogP contribution < -0.4 is 5.32 Å². The minimum atomic E-state index is 0.280. The molecule has 11 heavy (non-hydrogen) atoms. The van der Waals surface area contributed by atoms with Crippen molar-refractivity contribution in [1.82, 2.24) is 5.32 Å². The van der Waals surface area contributed by atoms with Crippen molar-refractivity contribution in [1.29, 1.82) is 0 Å². The summed E-state index contributed by atoms with van der Waals surface area (Å²) >= 11 is 0. The first-order chi connectivity index (χ1) is 4.89. The van der Waals surface area contributed by atoms with Gasteiger partial charge in [0.15, 0.2) is 0 Å². The molecule has 0 radical (unpaired) electrons. The van der Waals surface area contributed by atoms with Gasteiger partial charge in [-0.2, -0.15) is 0 Å². The normalized spacial score (nSPS) is 14.6. The zero-order chi connectivity index (χ0) is 9.07. The van der Waals surface area contributed by atoms with Crippen LogP contribution in [0.3, 0.4) is 0 Å². The monoisotopic (exact) mass is 155 g/mol. The van der Waals surface area contributed by atoms with E-state index in [-0.39, 0.29) is 5.41 Å². The number of likely N-dealkylation sites (N-methyl/N-ethyl adjacent to an activating group) is 1. The minimum absolute atomic E-state index is 0.280. The van der Waals surface area contributed by atoms with Gasteiger partial charge in [-0.15, -0.1) is 0 Å². The van der Waals surface area contributed by atoms with Gasteiger partial charge in [0.25, 0.3) is 0 Å². The summed E-state index contributed by atoms with van der Waals surface area (Å²) in [5.74, 6) is 0. The van der Waals surface area contributed by atoms with Gasteiger partial charge in [-0.25, -0.2) is 0 Å². The second kappa shape index (κ2) is 3.91. The first-order valence-electron chi connectivity index (χ1n) is 4.28. The largest absolute Gasteiger partial charge is 0.310 e. The van der Waals surface area contributed by atoms with Crippen LogP contribution in [0.4, 0.5) is 0 Å². The lowest BCUT2D eigenvalue weighted by molar-refractivity contribution is 0.306. The van der Waals surface area contributed by atoms with E-state index in [9.17, 15) is 0 Å². The van der Waals surface area contributed by atoms with Crippen molar-refractivity contribution in [2.75, 3.05) is 6.54 Å². The fourth-order valence-electron chi connectivity index (χ4n) is 1.42. The number of hydrogen-bond acceptors (Lipinski definition) is 1. The number of nitrogens with one attached hydrogen (secondary N) is 1. The molecule has 0 aliphatic heterocycles. The summed E-state index contributed by atoms with van der Waals surface area (Å²) in [7, 11) is 0. The first kappa shape index (κ1) is 10.7. The molecule has 1 heteroatoms. The van der Waals surface area contributed by atoms with Crippen LogP contribution in [-0.4, -0.2) is 12.6 Å². The van der Waals surface area contributed by atoms with Crippen LogP contribution in [0.2, 0.25) is 0 Å². The smallest absolute Gasteiger partial charge is 0.0322 e. The number of hydrogen-bond donors (Lipinski definition) is 1. The molecule has 0 amide bonds. The Balaban J connectivity index is 4.22. The number of rotatable bonds is 3. The molecule has 1 N–H and O–H groups in total. The van der Waals surface area contributed by atoms with Crippen molar-refractivity contribution in [3.8, 4) is 0 Å². The molecule has 1 unspecified atom stereocenters. The predicted octanol–water partition coefficient (Wildman–Crippen LogP) is 2.59. The molecule has 0 heterocycles. The third kappa shape index (κ3) is 3.57. The zero-order valence-corrected chi connectivity index (χ0v) is 8.49. The topological polar surface area (TPSA) is 12.0 Å². The van der Waals surface area contributed by atoms with E-state index >= 15 is 0 Å². The van der Waals surface area contributed by atoms with Crippen molar-refractivity contribution >= 4 is 0 Å². The average Bonchev–Trinajstić information content (AvgIpc) is 1.79. The average molecular weight is 155 g/mol. The first-order valence-corrected chi connectivity index (χ1v) is 4.28. The highest BCUT2D eigenvalue weighted by molar-refractivity contribution is 5.06. The maximum absolute atomic E-state index is 3.98. The Labute approximate surface area is 70.9 Å². The maximum atomic E-state index is 3.98. The van der Waals surface area contributed by atoms with E-state index in [1.54, 1.807) is 0 Å². The van der Waals surface area contributed by atoms with Gasteiger partial charge in [0.1, 0.15) is 0 Å². The molecule has 0 aromatic rings. The summed E-state index contributed by atoms with van der Waals surface area (Å²) in [6.45, 7) is 15.9. The van der Waals surface area contributed by atoms with Crippen LogP contribution in [0.25, 0.3) is 0 Å². The van der Waals surface area contributed by atoms with Gasteiger partial charge in [0, 0.05) is 6.04 Å². The highest BCUT2D eigenvalue weighted by Crippen LogP contribution is 2.23. The zero-order valence-electron chi connectivity index (χ0n) is 8.49. The van der Waals surface area contributed by atoms with Crippen molar-refractivity contribution in [2.24, 2.45) is 5.41 Å². The molecule has 0 spiro atoms. The summed E-state index contributed by atoms with van der Waals surface area (Å²) in [6.07, 6.45) is 0. The lowest BCUT2D eigenvalue weighted by Crippen LogP contribution is -2.40. The Kier molecular flexibility index (Phi) is 3.81. The third-order valence-corrected chi connectivity index (χ3v) is 1.77. The molecule has 0 aromatic heterocycles. The molecule has 0 aliphatic rings. The maximum Gasteiger partial charge on any atom is 0.0322 e. The van der Waals surface area contributed by atoms with Crippen molar-refractivity contribution < 1.29 is 0 Å². The standard InChI is InChI=1S/C10H21N/c1-7-11-9(8(2)3)10(4,5)6/h9,11H,2,7H2,1,3-6H3. The second-order valence-corrected chi connectivity index (χ2v) is 4.20. The summed E-state index contributed by atoms with van der Waals surface area (Å²) in [6, 6.07) is 0.437. The van der Waals surface area contributed by atoms with Gasteiger partial charge in [0.2, 0.25) is 0 Å². The van der Waals surface area contributed by atoms with Gasteiger partial charge in [0.05, 0.1) is 0 Å². The Morgan fingerprint density at radius 2 is 1.91 bits per heavy atom. The Hall–Kier alpha value is -0.300. The van der Waals surface area contributed by atoms with E-state index in [2.05, 4.69) is 46.5 Å². The van der Waals surface area contributed by atoms with Crippen molar-refractivity contribution in [3.05, 3.63) is 12.2 Å². The fourth-order valence-corrected chi connectivity index (χ4v) is 1.42. The van der Waals surface area contributed by atoms with E-state index in [0.717, 1.165) is 6.54 Å². The quantitative estimate of drug-likeness (QED) is 0.618. The third-order valence-electron chi connectivity index (χ3n) is 1.77. The van der Waals surface area contributed by atoms with Crippen molar-refractivity contribution in [2.45, 2.75) is 40.7 Å². The van der Waals surface area contributed by atoms with E-state index < -0.39 is 0 Å². The predicted molar refractivity (Wildman–Crippen MR) is 51.7 cm³/mol. The van der Waals surface area contributed by atoms with Crippen molar-refractivity contribution in [3.63, 3.8) is 0 Å². The molecule has 66 valence electrons. The van der Waals surface area contributed by atoms with Crippen LogP contribution >= 0.6 is 0 Å². The molecule has 0 saturated heterocycles. The Morgan fingerprint density at radius 1 is 1.45 bits per heavy atom. The van der Waals surface area contributed by atoms with Gasteiger partial charge in [-0.1, -0.05) is 39.8 Å². The molecule has 1 atom stereocenters. The van der Waals surface area contributed by atoms with E-state index in [4.69, 9.17) is 0 Å². The van der Waals surface area contributed by atoms with E-state index in [0.29, 0.717) is 6.04 Å². The second-order valence-electron chi connectivity index (χ2n) is 4.20. The van der Waals surface area contributed by atoms with Gasteiger partial charge in [-0.05, 0) is 18.9 Å². The SMILES string of the molecule is C=C(C)C(NCC)C(C)(C)C. The van der Waals surface area contributed by atoms with E-state index in [1.807, 2.05) is 0 Å². The Bertz CT molecular complexity index is 130. The van der Waals surface area contributed by atoms with Crippen LogP contribution in [0.5, 0.6) is 0 Å². The summed E-state index contributed by atoms with van der Waals surface area (Å²) in [5.41, 5.74) is 1.50. The molecule has 0 aliphatic carbocycles. The van der Waals surface area contributed by atoms with Gasteiger partial charge in [-0.3, -0.25) is 0 Å². The highest BCUT2D eigenvalue weighted by Gasteiger charge is 2.23. The molecular formula is C10H21N. The molecular weight excluding hydrogens is 134 g/mol. The van der Waals surface area contributed by atoms with Crippen LogP contribution in [0, 0.1) is 5.41 Å². The summed E-state index contributed by atoms with van der Waals surface area (Å²) in [4.78, 5) is 0. The van der Waals surface area contributed by atoms with Gasteiger partial charge >= 0.3 is 0 Å². The minimum Gasteiger partial charge on any atom is -0.310 e. The summed E-state index contributed by atoms with van der Waals surface area (Å²) in [5, 5.41) is 3.42. The van der Waals surface area contributed by atoms with Crippen LogP contribution in [0.1, 0.15) is 34.6 Å². The molecule has 0 bridgehead atoms. The summed E-state index contributed by atoms with van der Waals surface area (Å²) < 4.78 is 0. The Morgan fingerprint density at radius 3 is 2.00 bits per heavy atom. The highest BCUT2D eigenvalue weighted by atomic mass is 14.9. The molecule has 0 fully saturated rings. The lowest BCUT2D eigenvalue weighted by Gasteiger charge is -2.31. The fraction of sp³-hybridized carbons (Fsp3) is 0.800. The molecule has 1 nitrogen and oxygen atoms in total.